The zero-order valence-corrected chi connectivity index (χ0v) is 7.94. The van der Waals surface area contributed by atoms with Gasteiger partial charge in [-0.2, -0.15) is 13.2 Å². The second-order valence-electron chi connectivity index (χ2n) is 3.17. The molecule has 0 bridgehead atoms. The minimum Gasteiger partial charge on any atom is -0.330 e. The zero-order chi connectivity index (χ0) is 11.5. The van der Waals surface area contributed by atoms with E-state index in [-0.39, 0.29) is 12.0 Å². The topological polar surface area (TPSA) is 26.0 Å². The van der Waals surface area contributed by atoms with Gasteiger partial charge in [-0.1, -0.05) is 12.1 Å². The van der Waals surface area contributed by atoms with Gasteiger partial charge in [-0.25, -0.2) is 4.39 Å². The molecule has 0 unspecified atom stereocenters. The molecule has 0 radical (unpaired) electrons. The lowest BCUT2D eigenvalue weighted by Gasteiger charge is -2.10. The molecular weight excluding hydrogens is 210 g/mol. The normalized spacial score (nSPS) is 11.8. The summed E-state index contributed by atoms with van der Waals surface area (Å²) in [6.45, 7) is 0.329. The molecule has 0 saturated carbocycles. The second kappa shape index (κ2) is 4.61. The molecule has 0 amide bonds. The summed E-state index contributed by atoms with van der Waals surface area (Å²) in [5.74, 6) is -1.18. The van der Waals surface area contributed by atoms with Crippen LogP contribution in [0.15, 0.2) is 18.2 Å². The van der Waals surface area contributed by atoms with Crippen molar-refractivity contribution in [3.05, 3.63) is 35.1 Å². The van der Waals surface area contributed by atoms with Crippen molar-refractivity contribution >= 4 is 0 Å². The SMILES string of the molecule is NCCCc1cccc(C(F)(F)F)c1F. The summed E-state index contributed by atoms with van der Waals surface area (Å²) in [5, 5.41) is 0. The number of nitrogens with two attached hydrogens (primary N) is 1. The zero-order valence-electron chi connectivity index (χ0n) is 7.94. The van der Waals surface area contributed by atoms with Crippen LogP contribution in [0.25, 0.3) is 0 Å². The third kappa shape index (κ3) is 2.92. The lowest BCUT2D eigenvalue weighted by molar-refractivity contribution is -0.140. The maximum atomic E-state index is 13.3. The van der Waals surface area contributed by atoms with Crippen molar-refractivity contribution in [3.8, 4) is 0 Å². The number of alkyl halides is 3. The van der Waals surface area contributed by atoms with Gasteiger partial charge in [-0.3, -0.25) is 0 Å². The maximum Gasteiger partial charge on any atom is 0.419 e. The minimum absolute atomic E-state index is 0.0651. The molecule has 1 rings (SSSR count). The van der Waals surface area contributed by atoms with Gasteiger partial charge in [0, 0.05) is 0 Å². The Hall–Kier alpha value is -1.10. The predicted molar refractivity (Wildman–Crippen MR) is 48.8 cm³/mol. The van der Waals surface area contributed by atoms with Gasteiger partial charge in [0.15, 0.2) is 0 Å². The van der Waals surface area contributed by atoms with Crippen LogP contribution < -0.4 is 5.73 Å². The van der Waals surface area contributed by atoms with Gasteiger partial charge >= 0.3 is 6.18 Å². The minimum atomic E-state index is -4.64. The molecule has 84 valence electrons. The molecule has 5 heteroatoms. The molecule has 2 N–H and O–H groups in total. The Morgan fingerprint density at radius 3 is 2.40 bits per heavy atom. The lowest BCUT2D eigenvalue weighted by atomic mass is 10.0. The molecule has 0 fully saturated rings. The first-order valence-electron chi connectivity index (χ1n) is 4.51. The highest BCUT2D eigenvalue weighted by Crippen LogP contribution is 2.32. The summed E-state index contributed by atoms with van der Waals surface area (Å²) in [6, 6.07) is 3.29. The first-order chi connectivity index (χ1) is 6.96. The smallest absolute Gasteiger partial charge is 0.330 e. The van der Waals surface area contributed by atoms with Crippen LogP contribution in [0.5, 0.6) is 0 Å². The molecule has 0 aliphatic carbocycles. The molecule has 1 aromatic carbocycles. The van der Waals surface area contributed by atoms with Crippen molar-refractivity contribution in [1.82, 2.24) is 0 Å². The van der Waals surface area contributed by atoms with E-state index in [9.17, 15) is 17.6 Å². The molecule has 15 heavy (non-hydrogen) atoms. The molecule has 0 atom stereocenters. The Labute approximate surface area is 84.9 Å². The summed E-state index contributed by atoms with van der Waals surface area (Å²) in [5.41, 5.74) is 4.06. The standard InChI is InChI=1S/C10H11F4N/c11-9-7(4-2-6-15)3-1-5-8(9)10(12,13)14/h1,3,5H,2,4,6,15H2. The summed E-state index contributed by atoms with van der Waals surface area (Å²) < 4.78 is 50.2. The third-order valence-corrected chi connectivity index (χ3v) is 2.03. The Kier molecular flexibility index (Phi) is 3.68. The molecule has 0 aromatic heterocycles. The van der Waals surface area contributed by atoms with E-state index in [1.165, 1.54) is 12.1 Å². The van der Waals surface area contributed by atoms with Crippen LogP contribution in [0, 0.1) is 5.82 Å². The van der Waals surface area contributed by atoms with Crippen LogP contribution in [0.2, 0.25) is 0 Å². The van der Waals surface area contributed by atoms with E-state index in [1.807, 2.05) is 0 Å². The molecule has 0 aliphatic heterocycles. The van der Waals surface area contributed by atoms with Crippen molar-refractivity contribution in [2.24, 2.45) is 5.73 Å². The van der Waals surface area contributed by atoms with Crippen LogP contribution >= 0.6 is 0 Å². The van der Waals surface area contributed by atoms with Crippen LogP contribution in [0.1, 0.15) is 17.5 Å². The number of hydrogen-bond acceptors (Lipinski definition) is 1. The first kappa shape index (κ1) is 12.0. The Bertz CT molecular complexity index is 333. The van der Waals surface area contributed by atoms with Crippen LogP contribution in [-0.2, 0) is 12.6 Å². The van der Waals surface area contributed by atoms with Crippen LogP contribution in [0.4, 0.5) is 17.6 Å². The molecule has 0 spiro atoms. The van der Waals surface area contributed by atoms with Crippen molar-refractivity contribution in [2.45, 2.75) is 19.0 Å². The number of aryl methyl sites for hydroxylation is 1. The molecule has 0 saturated heterocycles. The molecule has 1 aromatic rings. The van der Waals surface area contributed by atoms with E-state index in [0.29, 0.717) is 13.0 Å². The third-order valence-electron chi connectivity index (χ3n) is 2.03. The van der Waals surface area contributed by atoms with Crippen LogP contribution in [-0.4, -0.2) is 6.54 Å². The van der Waals surface area contributed by atoms with E-state index < -0.39 is 17.6 Å². The second-order valence-corrected chi connectivity index (χ2v) is 3.17. The molecule has 0 aliphatic rings. The van der Waals surface area contributed by atoms with E-state index in [0.717, 1.165) is 6.07 Å². The fraction of sp³-hybridized carbons (Fsp3) is 0.400. The van der Waals surface area contributed by atoms with Crippen molar-refractivity contribution in [3.63, 3.8) is 0 Å². The molecular formula is C10H11F4N. The van der Waals surface area contributed by atoms with Crippen molar-refractivity contribution < 1.29 is 17.6 Å². The molecule has 0 heterocycles. The van der Waals surface area contributed by atoms with Crippen molar-refractivity contribution in [2.75, 3.05) is 6.54 Å². The maximum absolute atomic E-state index is 13.3. The average Bonchev–Trinajstić information content (AvgIpc) is 2.14. The fourth-order valence-electron chi connectivity index (χ4n) is 1.28. The molecule has 1 nitrogen and oxygen atoms in total. The Morgan fingerprint density at radius 1 is 1.20 bits per heavy atom. The highest BCUT2D eigenvalue weighted by atomic mass is 19.4. The summed E-state index contributed by atoms with van der Waals surface area (Å²) in [6.07, 6.45) is -3.94. The van der Waals surface area contributed by atoms with Gasteiger partial charge in [0.05, 0.1) is 5.56 Å². The summed E-state index contributed by atoms with van der Waals surface area (Å²) >= 11 is 0. The first-order valence-corrected chi connectivity index (χ1v) is 4.51. The van der Waals surface area contributed by atoms with Crippen molar-refractivity contribution in [1.29, 1.82) is 0 Å². The van der Waals surface area contributed by atoms with Gasteiger partial charge < -0.3 is 5.73 Å². The van der Waals surface area contributed by atoms with E-state index in [1.54, 1.807) is 0 Å². The van der Waals surface area contributed by atoms with Gasteiger partial charge in [0.25, 0.3) is 0 Å². The van der Waals surface area contributed by atoms with Gasteiger partial charge in [0.1, 0.15) is 5.82 Å². The van der Waals surface area contributed by atoms with E-state index in [2.05, 4.69) is 0 Å². The number of rotatable bonds is 3. The van der Waals surface area contributed by atoms with Gasteiger partial charge in [-0.05, 0) is 31.0 Å². The quantitative estimate of drug-likeness (QED) is 0.780. The van der Waals surface area contributed by atoms with Gasteiger partial charge in [0.2, 0.25) is 0 Å². The van der Waals surface area contributed by atoms with E-state index >= 15 is 0 Å². The lowest BCUT2D eigenvalue weighted by Crippen LogP contribution is -2.10. The van der Waals surface area contributed by atoms with E-state index in [4.69, 9.17) is 5.73 Å². The highest BCUT2D eigenvalue weighted by molar-refractivity contribution is 5.28. The number of hydrogen-bond donors (Lipinski definition) is 1. The van der Waals surface area contributed by atoms with Crippen LogP contribution in [0.3, 0.4) is 0 Å². The Morgan fingerprint density at radius 2 is 1.87 bits per heavy atom. The predicted octanol–water partition coefficient (Wildman–Crippen LogP) is 2.74. The summed E-state index contributed by atoms with van der Waals surface area (Å²) in [4.78, 5) is 0. The summed E-state index contributed by atoms with van der Waals surface area (Å²) in [7, 11) is 0. The number of halogens is 4. The van der Waals surface area contributed by atoms with Gasteiger partial charge in [-0.15, -0.1) is 0 Å². The number of benzene rings is 1. The monoisotopic (exact) mass is 221 g/mol. The highest BCUT2D eigenvalue weighted by Gasteiger charge is 2.34. The Balaban J connectivity index is 3.01. The largest absolute Gasteiger partial charge is 0.419 e. The fourth-order valence-corrected chi connectivity index (χ4v) is 1.28. The average molecular weight is 221 g/mol.